The maximum absolute atomic E-state index is 13.8. The van der Waals surface area contributed by atoms with Crippen LogP contribution < -0.4 is 10.9 Å². The zero-order valence-corrected chi connectivity index (χ0v) is 13.4. The number of pyridine rings is 1. The van der Waals surface area contributed by atoms with Gasteiger partial charge in [0.25, 0.3) is 0 Å². The van der Waals surface area contributed by atoms with Crippen LogP contribution in [0, 0.1) is 41.5 Å². The summed E-state index contributed by atoms with van der Waals surface area (Å²) < 4.78 is 54.8. The Morgan fingerprint density at radius 3 is 2.48 bits per heavy atom. The molecule has 25 heavy (non-hydrogen) atoms. The molecule has 0 spiro atoms. The van der Waals surface area contributed by atoms with Crippen LogP contribution in [-0.4, -0.2) is 4.98 Å². The number of aryl methyl sites for hydroxylation is 1. The lowest BCUT2D eigenvalue weighted by Crippen LogP contribution is -2.33. The van der Waals surface area contributed by atoms with Crippen LogP contribution in [0.1, 0.15) is 23.7 Å². The van der Waals surface area contributed by atoms with Crippen molar-refractivity contribution >= 4 is 11.4 Å². The Balaban J connectivity index is 2.54. The second kappa shape index (κ2) is 7.32. The molecule has 0 saturated heterocycles. The van der Waals surface area contributed by atoms with Gasteiger partial charge in [-0.3, -0.25) is 5.01 Å². The first-order valence-electron chi connectivity index (χ1n) is 7.18. The molecule has 2 aromatic rings. The van der Waals surface area contributed by atoms with Crippen molar-refractivity contribution in [3.63, 3.8) is 0 Å². The molecule has 2 rings (SSSR count). The van der Waals surface area contributed by atoms with Crippen LogP contribution >= 0.6 is 0 Å². The topological polar surface area (TPSA) is 65.9 Å². The first-order chi connectivity index (χ1) is 11.8. The van der Waals surface area contributed by atoms with E-state index in [9.17, 15) is 17.6 Å². The highest BCUT2D eigenvalue weighted by Gasteiger charge is 2.21. The average Bonchev–Trinajstić information content (AvgIpc) is 2.59. The van der Waals surface area contributed by atoms with Gasteiger partial charge in [-0.05, 0) is 32.0 Å². The third kappa shape index (κ3) is 3.61. The molecular weight excluding hydrogens is 336 g/mol. The van der Waals surface area contributed by atoms with Gasteiger partial charge in [-0.1, -0.05) is 6.08 Å². The molecule has 0 fully saturated rings. The molecule has 0 atom stereocenters. The number of benzene rings is 1. The number of nitrogens with zero attached hydrogens (tertiary/aromatic N) is 3. The summed E-state index contributed by atoms with van der Waals surface area (Å²) in [7, 11) is 0. The van der Waals surface area contributed by atoms with Crippen molar-refractivity contribution in [1.82, 2.24) is 4.98 Å². The molecule has 1 aromatic carbocycles. The zero-order valence-electron chi connectivity index (χ0n) is 13.4. The van der Waals surface area contributed by atoms with E-state index in [1.807, 2.05) is 6.07 Å². The summed E-state index contributed by atoms with van der Waals surface area (Å²) in [4.78, 5) is 3.96. The molecule has 8 heteroatoms. The number of hydrazine groups is 1. The molecule has 0 bridgehead atoms. The van der Waals surface area contributed by atoms with Crippen LogP contribution in [0.3, 0.4) is 0 Å². The van der Waals surface area contributed by atoms with Crippen LogP contribution in [0.5, 0.6) is 0 Å². The molecule has 130 valence electrons. The third-order valence-electron chi connectivity index (χ3n) is 3.57. The van der Waals surface area contributed by atoms with E-state index in [2.05, 4.69) is 4.98 Å². The molecule has 1 heterocycles. The second-order valence-electron chi connectivity index (χ2n) is 5.19. The normalized spacial score (nSPS) is 11.4. The SMILES string of the molecule is C/C=C(/C#N)c1cc(F)c(C)nc1N(N)Cc1c(F)ccc(F)c1F. The molecule has 0 saturated carbocycles. The van der Waals surface area contributed by atoms with Gasteiger partial charge >= 0.3 is 0 Å². The van der Waals surface area contributed by atoms with Crippen molar-refractivity contribution in [3.8, 4) is 6.07 Å². The molecule has 0 radical (unpaired) electrons. The highest BCUT2D eigenvalue weighted by molar-refractivity contribution is 5.82. The lowest BCUT2D eigenvalue weighted by Gasteiger charge is -2.22. The molecule has 0 aliphatic heterocycles. The van der Waals surface area contributed by atoms with Crippen LogP contribution in [0.2, 0.25) is 0 Å². The quantitative estimate of drug-likeness (QED) is 0.300. The lowest BCUT2D eigenvalue weighted by molar-refractivity contribution is 0.477. The van der Waals surface area contributed by atoms with Crippen LogP contribution in [-0.2, 0) is 6.54 Å². The molecule has 4 nitrogen and oxygen atoms in total. The van der Waals surface area contributed by atoms with Gasteiger partial charge in [-0.25, -0.2) is 28.4 Å². The molecule has 0 unspecified atom stereocenters. The van der Waals surface area contributed by atoms with Crippen molar-refractivity contribution in [2.45, 2.75) is 20.4 Å². The summed E-state index contributed by atoms with van der Waals surface area (Å²) in [5, 5.41) is 10.00. The summed E-state index contributed by atoms with van der Waals surface area (Å²) in [6.07, 6.45) is 1.42. The molecule has 1 aromatic heterocycles. The van der Waals surface area contributed by atoms with Gasteiger partial charge in [0.15, 0.2) is 17.5 Å². The molecule has 2 N–H and O–H groups in total. The van der Waals surface area contributed by atoms with E-state index in [-0.39, 0.29) is 22.6 Å². The summed E-state index contributed by atoms with van der Waals surface area (Å²) >= 11 is 0. The van der Waals surface area contributed by atoms with E-state index < -0.39 is 35.4 Å². The smallest absolute Gasteiger partial charge is 0.166 e. The number of halogens is 4. The molecule has 0 amide bonds. The van der Waals surface area contributed by atoms with E-state index in [1.165, 1.54) is 13.0 Å². The van der Waals surface area contributed by atoms with Gasteiger partial charge < -0.3 is 0 Å². The van der Waals surface area contributed by atoms with Crippen LogP contribution in [0.25, 0.3) is 5.57 Å². The summed E-state index contributed by atoms with van der Waals surface area (Å²) in [5.41, 5.74) is -0.469. The fourth-order valence-corrected chi connectivity index (χ4v) is 2.22. The van der Waals surface area contributed by atoms with E-state index >= 15 is 0 Å². The first kappa shape index (κ1) is 18.4. The maximum Gasteiger partial charge on any atom is 0.166 e. The number of nitriles is 1. The van der Waals surface area contributed by atoms with E-state index in [0.29, 0.717) is 6.07 Å². The fourth-order valence-electron chi connectivity index (χ4n) is 2.22. The van der Waals surface area contributed by atoms with Crippen molar-refractivity contribution in [2.24, 2.45) is 5.84 Å². The summed E-state index contributed by atoms with van der Waals surface area (Å²) in [6.45, 7) is 2.37. The minimum atomic E-state index is -1.37. The van der Waals surface area contributed by atoms with E-state index in [0.717, 1.165) is 17.1 Å². The van der Waals surface area contributed by atoms with Crippen LogP contribution in [0.4, 0.5) is 23.4 Å². The molecule has 0 aliphatic carbocycles. The average molecular weight is 350 g/mol. The van der Waals surface area contributed by atoms with Gasteiger partial charge in [-0.15, -0.1) is 0 Å². The van der Waals surface area contributed by atoms with Gasteiger partial charge in [0.2, 0.25) is 0 Å². The van der Waals surface area contributed by atoms with Crippen molar-refractivity contribution < 1.29 is 17.6 Å². The highest BCUT2D eigenvalue weighted by atomic mass is 19.2. The monoisotopic (exact) mass is 350 g/mol. The van der Waals surface area contributed by atoms with E-state index in [1.54, 1.807) is 6.92 Å². The van der Waals surface area contributed by atoms with Gasteiger partial charge in [0.1, 0.15) is 11.6 Å². The number of rotatable bonds is 4. The first-order valence-corrected chi connectivity index (χ1v) is 7.18. The Kier molecular flexibility index (Phi) is 5.39. The maximum atomic E-state index is 13.8. The second-order valence-corrected chi connectivity index (χ2v) is 5.19. The molecular formula is C17H14F4N4. The Morgan fingerprint density at radius 2 is 1.88 bits per heavy atom. The van der Waals surface area contributed by atoms with Crippen molar-refractivity contribution in [3.05, 3.63) is 64.4 Å². The van der Waals surface area contributed by atoms with E-state index in [4.69, 9.17) is 11.1 Å². The van der Waals surface area contributed by atoms with Gasteiger partial charge in [0, 0.05) is 11.1 Å². The number of anilines is 1. The number of nitrogens with two attached hydrogens (primary N) is 1. The Bertz CT molecular complexity index is 887. The minimum absolute atomic E-state index is 0.0113. The Morgan fingerprint density at radius 1 is 1.24 bits per heavy atom. The minimum Gasteiger partial charge on any atom is -0.290 e. The van der Waals surface area contributed by atoms with Gasteiger partial charge in [-0.2, -0.15) is 5.26 Å². The number of aromatic nitrogens is 1. The number of allylic oxidation sites excluding steroid dienone is 2. The fraction of sp³-hybridized carbons (Fsp3) is 0.176. The largest absolute Gasteiger partial charge is 0.290 e. The lowest BCUT2D eigenvalue weighted by atomic mass is 10.1. The zero-order chi connectivity index (χ0) is 18.7. The Hall–Kier alpha value is -2.92. The predicted molar refractivity (Wildman–Crippen MR) is 84.9 cm³/mol. The van der Waals surface area contributed by atoms with Crippen LogP contribution in [0.15, 0.2) is 24.3 Å². The van der Waals surface area contributed by atoms with Gasteiger partial charge in [0.05, 0.1) is 23.9 Å². The van der Waals surface area contributed by atoms with Crippen molar-refractivity contribution in [2.75, 3.05) is 5.01 Å². The third-order valence-corrected chi connectivity index (χ3v) is 3.57. The highest BCUT2D eigenvalue weighted by Crippen LogP contribution is 2.28. The standard InChI is InChI=1S/C17H14F4N4/c1-3-10(7-22)11-6-15(20)9(2)24-17(11)25(23)8-12-13(18)4-5-14(19)16(12)21/h3-6H,8,23H2,1-2H3/b10-3-. The predicted octanol–water partition coefficient (Wildman–Crippen LogP) is 3.75. The number of hydrogen-bond donors (Lipinski definition) is 1. The molecule has 0 aliphatic rings. The van der Waals surface area contributed by atoms with Crippen molar-refractivity contribution in [1.29, 1.82) is 5.26 Å². The Labute approximate surface area is 141 Å². The summed E-state index contributed by atoms with van der Waals surface area (Å²) in [5.74, 6) is 1.54. The summed E-state index contributed by atoms with van der Waals surface area (Å²) in [6, 6.07) is 4.37. The number of hydrogen-bond acceptors (Lipinski definition) is 4.